The number of fused-ring (bicyclic) bond motifs is 1. The minimum atomic E-state index is 0.576. The van der Waals surface area contributed by atoms with E-state index in [0.717, 1.165) is 11.9 Å². The van der Waals surface area contributed by atoms with Crippen molar-refractivity contribution in [1.29, 1.82) is 0 Å². The van der Waals surface area contributed by atoms with E-state index in [1.165, 1.54) is 17.8 Å². The molecular weight excluding hydrogens is 276 g/mol. The summed E-state index contributed by atoms with van der Waals surface area (Å²) in [5, 5.41) is 0. The van der Waals surface area contributed by atoms with Gasteiger partial charge in [-0.15, -0.1) is 0 Å². The number of aryl methyl sites for hydroxylation is 1. The molecule has 3 heteroatoms. The summed E-state index contributed by atoms with van der Waals surface area (Å²) >= 11 is 3.61. The van der Waals surface area contributed by atoms with E-state index in [0.29, 0.717) is 10.7 Å². The quantitative estimate of drug-likeness (QED) is 0.782. The van der Waals surface area contributed by atoms with Crippen molar-refractivity contribution in [2.45, 2.75) is 31.5 Å². The van der Waals surface area contributed by atoms with Crippen LogP contribution in [0.3, 0.4) is 0 Å². The standard InChI is InChI=1S/C14H19BrN2/c1-10(8-11(2)15)9-14-16-12-6-4-5-7-13(12)17(14)3/h4-7,10-11H,8-9H2,1-3H3. The largest absolute Gasteiger partial charge is 0.331 e. The fourth-order valence-corrected chi connectivity index (χ4v) is 2.97. The minimum absolute atomic E-state index is 0.576. The van der Waals surface area contributed by atoms with Gasteiger partial charge in [-0.2, -0.15) is 0 Å². The lowest BCUT2D eigenvalue weighted by Gasteiger charge is -2.12. The van der Waals surface area contributed by atoms with Crippen LogP contribution in [0, 0.1) is 5.92 Å². The molecule has 0 fully saturated rings. The van der Waals surface area contributed by atoms with E-state index in [4.69, 9.17) is 4.98 Å². The third-order valence-electron chi connectivity index (χ3n) is 3.14. The van der Waals surface area contributed by atoms with Gasteiger partial charge in [0.15, 0.2) is 0 Å². The fraction of sp³-hybridized carbons (Fsp3) is 0.500. The number of imidazole rings is 1. The lowest BCUT2D eigenvalue weighted by molar-refractivity contribution is 0.512. The van der Waals surface area contributed by atoms with Crippen molar-refractivity contribution in [1.82, 2.24) is 9.55 Å². The Balaban J connectivity index is 2.21. The van der Waals surface area contributed by atoms with Gasteiger partial charge in [0, 0.05) is 18.3 Å². The predicted molar refractivity (Wildman–Crippen MR) is 76.6 cm³/mol. The zero-order valence-corrected chi connectivity index (χ0v) is 12.2. The highest BCUT2D eigenvalue weighted by Gasteiger charge is 2.12. The van der Waals surface area contributed by atoms with E-state index in [1.54, 1.807) is 0 Å². The first-order valence-corrected chi connectivity index (χ1v) is 7.04. The van der Waals surface area contributed by atoms with Crippen LogP contribution in [0.1, 0.15) is 26.1 Å². The number of benzene rings is 1. The molecule has 0 aliphatic carbocycles. The van der Waals surface area contributed by atoms with Gasteiger partial charge < -0.3 is 4.57 Å². The van der Waals surface area contributed by atoms with E-state index >= 15 is 0 Å². The number of rotatable bonds is 4. The van der Waals surface area contributed by atoms with Crippen LogP contribution in [0.5, 0.6) is 0 Å². The zero-order chi connectivity index (χ0) is 12.4. The molecule has 2 nitrogen and oxygen atoms in total. The molecule has 0 aliphatic rings. The van der Waals surface area contributed by atoms with Crippen molar-refractivity contribution in [3.63, 3.8) is 0 Å². The van der Waals surface area contributed by atoms with E-state index in [1.807, 2.05) is 6.07 Å². The number of aromatic nitrogens is 2. The van der Waals surface area contributed by atoms with Crippen molar-refractivity contribution >= 4 is 27.0 Å². The van der Waals surface area contributed by atoms with Crippen molar-refractivity contribution in [2.75, 3.05) is 0 Å². The van der Waals surface area contributed by atoms with Gasteiger partial charge in [-0.05, 0) is 24.5 Å². The third kappa shape index (κ3) is 2.89. The van der Waals surface area contributed by atoms with Gasteiger partial charge in [0.1, 0.15) is 5.82 Å². The highest BCUT2D eigenvalue weighted by Crippen LogP contribution is 2.20. The Bertz CT molecular complexity index is 502. The lowest BCUT2D eigenvalue weighted by atomic mass is 10.0. The second-order valence-electron chi connectivity index (χ2n) is 4.90. The molecule has 0 saturated carbocycles. The molecule has 1 aromatic heterocycles. The number of halogens is 1. The Hall–Kier alpha value is -0.830. The summed E-state index contributed by atoms with van der Waals surface area (Å²) in [5.74, 6) is 1.84. The topological polar surface area (TPSA) is 17.8 Å². The van der Waals surface area contributed by atoms with E-state index < -0.39 is 0 Å². The van der Waals surface area contributed by atoms with Gasteiger partial charge in [-0.1, -0.05) is 41.9 Å². The monoisotopic (exact) mass is 294 g/mol. The van der Waals surface area contributed by atoms with E-state index in [-0.39, 0.29) is 0 Å². The van der Waals surface area contributed by atoms with Crippen molar-refractivity contribution < 1.29 is 0 Å². The number of nitrogens with zero attached hydrogens (tertiary/aromatic N) is 2. The van der Waals surface area contributed by atoms with Crippen LogP contribution in [-0.2, 0) is 13.5 Å². The molecule has 0 saturated heterocycles. The molecule has 92 valence electrons. The van der Waals surface area contributed by atoms with Crippen LogP contribution < -0.4 is 0 Å². The smallest absolute Gasteiger partial charge is 0.109 e. The average Bonchev–Trinajstić information content (AvgIpc) is 2.55. The van der Waals surface area contributed by atoms with Gasteiger partial charge in [-0.25, -0.2) is 4.98 Å². The van der Waals surface area contributed by atoms with Crippen molar-refractivity contribution in [2.24, 2.45) is 13.0 Å². The Morgan fingerprint density at radius 2 is 2.00 bits per heavy atom. The molecule has 17 heavy (non-hydrogen) atoms. The summed E-state index contributed by atoms with van der Waals surface area (Å²) < 4.78 is 2.21. The molecule has 1 heterocycles. The van der Waals surface area contributed by atoms with Gasteiger partial charge in [-0.3, -0.25) is 0 Å². The molecule has 0 bridgehead atoms. The minimum Gasteiger partial charge on any atom is -0.331 e. The maximum atomic E-state index is 4.71. The number of para-hydroxylation sites is 2. The summed E-state index contributed by atoms with van der Waals surface area (Å²) in [6.45, 7) is 4.49. The summed E-state index contributed by atoms with van der Waals surface area (Å²) in [7, 11) is 2.11. The van der Waals surface area contributed by atoms with Crippen molar-refractivity contribution in [3.05, 3.63) is 30.1 Å². The van der Waals surface area contributed by atoms with Crippen LogP contribution in [0.25, 0.3) is 11.0 Å². The first-order valence-electron chi connectivity index (χ1n) is 6.12. The normalized spacial score (nSPS) is 15.1. The fourth-order valence-electron chi connectivity index (χ4n) is 2.33. The third-order valence-corrected chi connectivity index (χ3v) is 3.51. The van der Waals surface area contributed by atoms with Crippen molar-refractivity contribution in [3.8, 4) is 0 Å². The Morgan fingerprint density at radius 1 is 1.29 bits per heavy atom. The maximum Gasteiger partial charge on any atom is 0.109 e. The summed E-state index contributed by atoms with van der Waals surface area (Å²) in [6, 6.07) is 8.32. The number of hydrogen-bond donors (Lipinski definition) is 0. The van der Waals surface area contributed by atoms with E-state index in [9.17, 15) is 0 Å². The maximum absolute atomic E-state index is 4.71. The molecule has 2 unspecified atom stereocenters. The highest BCUT2D eigenvalue weighted by atomic mass is 79.9. The second kappa shape index (κ2) is 5.21. The molecule has 2 rings (SSSR count). The molecule has 0 N–H and O–H groups in total. The number of alkyl halides is 1. The summed E-state index contributed by atoms with van der Waals surface area (Å²) in [6.07, 6.45) is 2.23. The van der Waals surface area contributed by atoms with Crippen LogP contribution in [0.15, 0.2) is 24.3 Å². The van der Waals surface area contributed by atoms with Gasteiger partial charge >= 0.3 is 0 Å². The first-order chi connectivity index (χ1) is 8.08. The average molecular weight is 295 g/mol. The SMILES string of the molecule is CC(Br)CC(C)Cc1nc2ccccc2n1C. The van der Waals surface area contributed by atoms with Crippen LogP contribution in [-0.4, -0.2) is 14.4 Å². The van der Waals surface area contributed by atoms with Gasteiger partial charge in [0.2, 0.25) is 0 Å². The molecule has 0 radical (unpaired) electrons. The van der Waals surface area contributed by atoms with Crippen LogP contribution >= 0.6 is 15.9 Å². The second-order valence-corrected chi connectivity index (χ2v) is 6.46. The molecule has 0 spiro atoms. The lowest BCUT2D eigenvalue weighted by Crippen LogP contribution is -2.09. The number of hydrogen-bond acceptors (Lipinski definition) is 1. The van der Waals surface area contributed by atoms with Crippen LogP contribution in [0.4, 0.5) is 0 Å². The molecule has 2 aromatic rings. The first kappa shape index (κ1) is 12.6. The molecule has 0 aliphatic heterocycles. The Kier molecular flexibility index (Phi) is 3.87. The Morgan fingerprint density at radius 3 is 2.65 bits per heavy atom. The zero-order valence-electron chi connectivity index (χ0n) is 10.7. The van der Waals surface area contributed by atoms with Crippen LogP contribution in [0.2, 0.25) is 0 Å². The summed E-state index contributed by atoms with van der Waals surface area (Å²) in [4.78, 5) is 5.28. The van der Waals surface area contributed by atoms with Gasteiger partial charge in [0.05, 0.1) is 11.0 Å². The van der Waals surface area contributed by atoms with Gasteiger partial charge in [0.25, 0.3) is 0 Å². The predicted octanol–water partition coefficient (Wildman–Crippen LogP) is 3.93. The molecule has 1 aromatic carbocycles. The molecule has 0 amide bonds. The summed E-state index contributed by atoms with van der Waals surface area (Å²) in [5.41, 5.74) is 2.32. The molecular formula is C14H19BrN2. The Labute approximate surface area is 111 Å². The molecule has 2 atom stereocenters. The van der Waals surface area contributed by atoms with E-state index in [2.05, 4.69) is 59.6 Å². The highest BCUT2D eigenvalue weighted by molar-refractivity contribution is 9.09.